The Bertz CT molecular complexity index is 1330. The fourth-order valence-corrected chi connectivity index (χ4v) is 5.10. The molecule has 2 unspecified atom stereocenters. The highest BCUT2D eigenvalue weighted by atomic mass is 35.5. The number of aromatic amines is 1. The summed E-state index contributed by atoms with van der Waals surface area (Å²) in [5.74, 6) is 1.31. The van der Waals surface area contributed by atoms with E-state index in [2.05, 4.69) is 22.1 Å². The van der Waals surface area contributed by atoms with Crippen molar-refractivity contribution in [2.45, 2.75) is 26.4 Å². The number of H-pyrrole nitrogens is 1. The number of pyridine rings is 1. The summed E-state index contributed by atoms with van der Waals surface area (Å²) in [6.07, 6.45) is 3.80. The molecule has 0 spiro atoms. The van der Waals surface area contributed by atoms with Gasteiger partial charge < -0.3 is 9.64 Å². The molecule has 1 N–H and O–H groups in total. The van der Waals surface area contributed by atoms with Crippen LogP contribution in [0.3, 0.4) is 0 Å². The van der Waals surface area contributed by atoms with Crippen LogP contribution < -0.4 is 4.74 Å². The van der Waals surface area contributed by atoms with Gasteiger partial charge in [0.25, 0.3) is 5.91 Å². The Balaban J connectivity index is 1.39. The number of carbonyl (C=O) groups excluding carboxylic acids is 1. The summed E-state index contributed by atoms with van der Waals surface area (Å²) in [5, 5.41) is 9.42. The Morgan fingerprint density at radius 3 is 2.56 bits per heavy atom. The van der Waals surface area contributed by atoms with Crippen LogP contribution >= 0.6 is 23.2 Å². The zero-order chi connectivity index (χ0) is 23.8. The van der Waals surface area contributed by atoms with Gasteiger partial charge in [-0.2, -0.15) is 5.10 Å². The van der Waals surface area contributed by atoms with Crippen molar-refractivity contribution < 1.29 is 9.53 Å². The molecule has 34 heavy (non-hydrogen) atoms. The standard InChI is InChI=1S/C26H24Cl2N4O2/c1-15-9-10-32(14-15)26(33)18-5-3-17(4-6-18)25-20-11-19(7-8-23(20)30-31-25)34-16(2)24-21(27)12-29-13-22(24)28/h3-8,11-13,15-16H,9-10,14H2,1-2H3,(H,30,31). The molecule has 1 aliphatic heterocycles. The number of carbonyl (C=O) groups is 1. The molecular formula is C26H24Cl2N4O2. The minimum atomic E-state index is -0.366. The highest BCUT2D eigenvalue weighted by Gasteiger charge is 2.24. The van der Waals surface area contributed by atoms with E-state index >= 15 is 0 Å². The number of hydrogen-bond donors (Lipinski definition) is 1. The second-order valence-electron chi connectivity index (χ2n) is 8.78. The van der Waals surface area contributed by atoms with Crippen LogP contribution in [0.5, 0.6) is 5.75 Å². The number of amides is 1. The normalized spacial score (nSPS) is 16.7. The van der Waals surface area contributed by atoms with Gasteiger partial charge in [-0.3, -0.25) is 14.9 Å². The van der Waals surface area contributed by atoms with Gasteiger partial charge >= 0.3 is 0 Å². The van der Waals surface area contributed by atoms with Crippen molar-refractivity contribution in [3.8, 4) is 17.0 Å². The van der Waals surface area contributed by atoms with Gasteiger partial charge in [0.1, 0.15) is 17.5 Å². The van der Waals surface area contributed by atoms with Crippen LogP contribution in [0.1, 0.15) is 42.3 Å². The Morgan fingerprint density at radius 2 is 1.88 bits per heavy atom. The first-order valence-electron chi connectivity index (χ1n) is 11.2. The Hall–Kier alpha value is -3.09. The molecule has 2 aromatic heterocycles. The second kappa shape index (κ2) is 9.28. The van der Waals surface area contributed by atoms with E-state index in [1.54, 1.807) is 12.4 Å². The van der Waals surface area contributed by atoms with Crippen molar-refractivity contribution >= 4 is 40.0 Å². The van der Waals surface area contributed by atoms with Crippen LogP contribution in [0, 0.1) is 5.92 Å². The van der Waals surface area contributed by atoms with E-state index in [-0.39, 0.29) is 12.0 Å². The topological polar surface area (TPSA) is 71.1 Å². The van der Waals surface area contributed by atoms with Crippen molar-refractivity contribution in [3.05, 3.63) is 76.0 Å². The first-order valence-corrected chi connectivity index (χ1v) is 12.0. The first-order chi connectivity index (χ1) is 16.4. The molecule has 0 bridgehead atoms. The first kappa shape index (κ1) is 22.7. The van der Waals surface area contributed by atoms with Crippen molar-refractivity contribution in [3.63, 3.8) is 0 Å². The Morgan fingerprint density at radius 1 is 1.15 bits per heavy atom. The van der Waals surface area contributed by atoms with E-state index in [0.29, 0.717) is 32.8 Å². The van der Waals surface area contributed by atoms with Gasteiger partial charge in [-0.15, -0.1) is 0 Å². The van der Waals surface area contributed by atoms with Crippen LogP contribution in [0.2, 0.25) is 10.0 Å². The van der Waals surface area contributed by atoms with Crippen LogP contribution in [0.15, 0.2) is 54.9 Å². The highest BCUT2D eigenvalue weighted by Crippen LogP contribution is 2.35. The monoisotopic (exact) mass is 494 g/mol. The molecule has 3 heterocycles. The molecule has 8 heteroatoms. The molecule has 4 aromatic rings. The van der Waals surface area contributed by atoms with E-state index in [1.807, 2.05) is 54.3 Å². The predicted molar refractivity (Wildman–Crippen MR) is 135 cm³/mol. The average Bonchev–Trinajstić information content (AvgIpc) is 3.44. The summed E-state index contributed by atoms with van der Waals surface area (Å²) in [7, 11) is 0. The molecule has 0 aliphatic carbocycles. The van der Waals surface area contributed by atoms with Crippen molar-refractivity contribution in [2.75, 3.05) is 13.1 Å². The fraction of sp³-hybridized carbons (Fsp3) is 0.269. The summed E-state index contributed by atoms with van der Waals surface area (Å²) in [4.78, 5) is 18.7. The zero-order valence-electron chi connectivity index (χ0n) is 18.9. The van der Waals surface area contributed by atoms with Crippen LogP contribution in [-0.4, -0.2) is 39.1 Å². The van der Waals surface area contributed by atoms with E-state index in [0.717, 1.165) is 41.7 Å². The number of fused-ring (bicyclic) bond motifs is 1. The molecule has 0 saturated carbocycles. The van der Waals surface area contributed by atoms with E-state index in [9.17, 15) is 4.79 Å². The van der Waals surface area contributed by atoms with Crippen molar-refractivity contribution in [2.24, 2.45) is 5.92 Å². The zero-order valence-corrected chi connectivity index (χ0v) is 20.4. The van der Waals surface area contributed by atoms with Crippen LogP contribution in [-0.2, 0) is 0 Å². The third-order valence-corrected chi connectivity index (χ3v) is 6.86. The number of nitrogens with zero attached hydrogens (tertiary/aromatic N) is 3. The number of hydrogen-bond acceptors (Lipinski definition) is 4. The van der Waals surface area contributed by atoms with Gasteiger partial charge in [0.2, 0.25) is 0 Å². The van der Waals surface area contributed by atoms with Crippen molar-refractivity contribution in [1.82, 2.24) is 20.1 Å². The third kappa shape index (κ3) is 4.36. The predicted octanol–water partition coefficient (Wildman–Crippen LogP) is 6.55. The molecule has 2 aromatic carbocycles. The van der Waals surface area contributed by atoms with Crippen LogP contribution in [0.4, 0.5) is 0 Å². The fourth-order valence-electron chi connectivity index (χ4n) is 4.43. The lowest BCUT2D eigenvalue weighted by atomic mass is 10.0. The number of likely N-dealkylation sites (tertiary alicyclic amines) is 1. The largest absolute Gasteiger partial charge is 0.486 e. The number of ether oxygens (including phenoxy) is 1. The molecule has 174 valence electrons. The van der Waals surface area contributed by atoms with Crippen molar-refractivity contribution in [1.29, 1.82) is 0 Å². The summed E-state index contributed by atoms with van der Waals surface area (Å²) in [6, 6.07) is 13.4. The highest BCUT2D eigenvalue weighted by molar-refractivity contribution is 6.35. The molecule has 0 radical (unpaired) electrons. The summed E-state index contributed by atoms with van der Waals surface area (Å²) < 4.78 is 6.16. The smallest absolute Gasteiger partial charge is 0.253 e. The lowest BCUT2D eigenvalue weighted by molar-refractivity contribution is 0.0788. The summed E-state index contributed by atoms with van der Waals surface area (Å²) >= 11 is 12.6. The molecule has 2 atom stereocenters. The number of halogens is 2. The lowest BCUT2D eigenvalue weighted by Crippen LogP contribution is -2.28. The Labute approximate surface area is 207 Å². The molecule has 1 saturated heterocycles. The Kier molecular flexibility index (Phi) is 6.19. The second-order valence-corrected chi connectivity index (χ2v) is 9.59. The van der Waals surface area contributed by atoms with E-state index < -0.39 is 0 Å². The van der Waals surface area contributed by atoms with Gasteiger partial charge in [-0.1, -0.05) is 42.3 Å². The number of nitrogens with one attached hydrogen (secondary N) is 1. The summed E-state index contributed by atoms with van der Waals surface area (Å²) in [5.41, 5.74) is 3.99. The van der Waals surface area contributed by atoms with E-state index in [4.69, 9.17) is 27.9 Å². The third-order valence-electron chi connectivity index (χ3n) is 6.26. The van der Waals surface area contributed by atoms with Gasteiger partial charge in [0, 0.05) is 47.6 Å². The SMILES string of the molecule is CC1CCN(C(=O)c2ccc(-c3n[nH]c4ccc(OC(C)c5c(Cl)cncc5Cl)cc34)cc2)C1. The maximum atomic E-state index is 12.8. The molecule has 5 rings (SSSR count). The van der Waals surface area contributed by atoms with Gasteiger partial charge in [0.15, 0.2) is 0 Å². The molecule has 6 nitrogen and oxygen atoms in total. The lowest BCUT2D eigenvalue weighted by Gasteiger charge is -2.17. The maximum Gasteiger partial charge on any atom is 0.253 e. The van der Waals surface area contributed by atoms with Gasteiger partial charge in [-0.05, 0) is 49.6 Å². The maximum absolute atomic E-state index is 12.8. The molecule has 1 fully saturated rings. The quantitative estimate of drug-likeness (QED) is 0.341. The van der Waals surface area contributed by atoms with Crippen LogP contribution in [0.25, 0.3) is 22.2 Å². The minimum Gasteiger partial charge on any atom is -0.486 e. The number of benzene rings is 2. The van der Waals surface area contributed by atoms with E-state index in [1.165, 1.54) is 0 Å². The minimum absolute atomic E-state index is 0.0842. The average molecular weight is 495 g/mol. The molecule has 1 aliphatic rings. The van der Waals surface area contributed by atoms with Gasteiger partial charge in [-0.25, -0.2) is 0 Å². The molecular weight excluding hydrogens is 471 g/mol. The molecule has 1 amide bonds. The number of aromatic nitrogens is 3. The van der Waals surface area contributed by atoms with Gasteiger partial charge in [0.05, 0.1) is 15.6 Å². The summed E-state index contributed by atoms with van der Waals surface area (Å²) in [6.45, 7) is 5.72. The number of rotatable bonds is 5.